The van der Waals surface area contributed by atoms with Crippen LogP contribution in [0.1, 0.15) is 28.9 Å². The SMILES string of the molecule is NC(=O)c1nc(-c2ccc(C(F)(F)F)cc2)nc2c1[nH]c(=O)n2CC1CCCO1. The van der Waals surface area contributed by atoms with Gasteiger partial charge in [-0.05, 0) is 25.0 Å². The number of nitrogens with two attached hydrogens (primary N) is 1. The molecule has 0 saturated carbocycles. The largest absolute Gasteiger partial charge is 0.416 e. The van der Waals surface area contributed by atoms with Crippen molar-refractivity contribution < 1.29 is 22.7 Å². The van der Waals surface area contributed by atoms with Gasteiger partial charge in [0.15, 0.2) is 17.2 Å². The molecule has 1 aliphatic heterocycles. The summed E-state index contributed by atoms with van der Waals surface area (Å²) in [6, 6.07) is 4.18. The fourth-order valence-corrected chi connectivity index (χ4v) is 3.31. The van der Waals surface area contributed by atoms with Crippen LogP contribution in [-0.2, 0) is 17.5 Å². The minimum Gasteiger partial charge on any atom is -0.376 e. The number of fused-ring (bicyclic) bond motifs is 1. The second-order valence-corrected chi connectivity index (χ2v) is 6.71. The number of carbonyl (C=O) groups is 1. The van der Waals surface area contributed by atoms with Crippen molar-refractivity contribution in [2.45, 2.75) is 31.7 Å². The average molecular weight is 407 g/mol. The quantitative estimate of drug-likeness (QED) is 0.687. The van der Waals surface area contributed by atoms with Gasteiger partial charge in [-0.2, -0.15) is 13.2 Å². The Morgan fingerprint density at radius 3 is 2.59 bits per heavy atom. The molecule has 4 rings (SSSR count). The normalized spacial score (nSPS) is 17.1. The van der Waals surface area contributed by atoms with Crippen molar-refractivity contribution in [2.75, 3.05) is 6.61 Å². The molecule has 3 aromatic rings. The van der Waals surface area contributed by atoms with E-state index in [1.807, 2.05) is 0 Å². The zero-order valence-electron chi connectivity index (χ0n) is 15.0. The van der Waals surface area contributed by atoms with Gasteiger partial charge in [-0.3, -0.25) is 9.36 Å². The topological polar surface area (TPSA) is 116 Å². The fraction of sp³-hybridized carbons (Fsp3) is 0.333. The van der Waals surface area contributed by atoms with Gasteiger partial charge < -0.3 is 15.5 Å². The zero-order chi connectivity index (χ0) is 20.8. The summed E-state index contributed by atoms with van der Waals surface area (Å²) in [5, 5.41) is 0. The maximum Gasteiger partial charge on any atom is 0.416 e. The third-order valence-electron chi connectivity index (χ3n) is 4.74. The number of rotatable bonds is 4. The molecule has 3 heterocycles. The number of halogens is 3. The van der Waals surface area contributed by atoms with E-state index >= 15 is 0 Å². The molecule has 1 unspecified atom stereocenters. The molecule has 0 aliphatic carbocycles. The number of alkyl halides is 3. The molecular formula is C18H16F3N5O3. The molecule has 0 spiro atoms. The van der Waals surface area contributed by atoms with Crippen LogP contribution in [0.5, 0.6) is 0 Å². The summed E-state index contributed by atoms with van der Waals surface area (Å²) in [6.07, 6.45) is -3.00. The molecule has 0 bridgehead atoms. The predicted molar refractivity (Wildman–Crippen MR) is 96.1 cm³/mol. The Balaban J connectivity index is 1.84. The van der Waals surface area contributed by atoms with Crippen molar-refractivity contribution in [1.82, 2.24) is 19.5 Å². The first-order valence-corrected chi connectivity index (χ1v) is 8.83. The van der Waals surface area contributed by atoms with Gasteiger partial charge in [-0.1, -0.05) is 12.1 Å². The first-order chi connectivity index (χ1) is 13.7. The standard InChI is InChI=1S/C18H16F3N5O3/c19-18(20,21)10-5-3-9(4-6-10)15-23-12(14(22)27)13-16(25-15)26(17(28)24-13)8-11-2-1-7-29-11/h3-6,11H,1-2,7-8H2,(H2,22,27)(H,24,28). The highest BCUT2D eigenvalue weighted by atomic mass is 19.4. The summed E-state index contributed by atoms with van der Waals surface area (Å²) in [6.45, 7) is 0.820. The number of benzene rings is 1. The molecule has 3 N–H and O–H groups in total. The highest BCUT2D eigenvalue weighted by Gasteiger charge is 2.30. The molecule has 11 heteroatoms. The van der Waals surface area contributed by atoms with Crippen LogP contribution in [0.25, 0.3) is 22.6 Å². The Labute approximate surface area is 161 Å². The lowest BCUT2D eigenvalue weighted by molar-refractivity contribution is -0.137. The Hall–Kier alpha value is -3.21. The van der Waals surface area contributed by atoms with Crippen LogP contribution >= 0.6 is 0 Å². The van der Waals surface area contributed by atoms with Crippen LogP contribution in [0.3, 0.4) is 0 Å². The lowest BCUT2D eigenvalue weighted by Gasteiger charge is -2.11. The highest BCUT2D eigenvalue weighted by Crippen LogP contribution is 2.30. The lowest BCUT2D eigenvalue weighted by atomic mass is 10.1. The van der Waals surface area contributed by atoms with E-state index in [2.05, 4.69) is 15.0 Å². The van der Waals surface area contributed by atoms with Crippen molar-refractivity contribution in [3.8, 4) is 11.4 Å². The molecule has 1 fully saturated rings. The van der Waals surface area contributed by atoms with E-state index in [0.29, 0.717) is 6.61 Å². The maximum atomic E-state index is 12.8. The number of carbonyl (C=O) groups excluding carboxylic acids is 1. The number of amides is 1. The van der Waals surface area contributed by atoms with Crippen LogP contribution in [0.4, 0.5) is 13.2 Å². The summed E-state index contributed by atoms with van der Waals surface area (Å²) in [5.41, 5.74) is 4.33. The molecule has 1 aromatic carbocycles. The Bertz CT molecular complexity index is 1130. The van der Waals surface area contributed by atoms with Gasteiger partial charge in [-0.15, -0.1) is 0 Å². The van der Waals surface area contributed by atoms with Crippen LogP contribution in [0.15, 0.2) is 29.1 Å². The first kappa shape index (κ1) is 19.1. The smallest absolute Gasteiger partial charge is 0.376 e. The summed E-state index contributed by atoms with van der Waals surface area (Å²) in [4.78, 5) is 35.2. The van der Waals surface area contributed by atoms with Crippen LogP contribution in [-0.4, -0.2) is 38.1 Å². The van der Waals surface area contributed by atoms with E-state index in [4.69, 9.17) is 10.5 Å². The molecule has 8 nitrogen and oxygen atoms in total. The molecule has 0 radical (unpaired) electrons. The number of ether oxygens (including phenoxy) is 1. The molecular weight excluding hydrogens is 391 g/mol. The lowest BCUT2D eigenvalue weighted by Crippen LogP contribution is -2.24. The summed E-state index contributed by atoms with van der Waals surface area (Å²) in [7, 11) is 0. The molecule has 1 amide bonds. The van der Waals surface area contributed by atoms with Gasteiger partial charge in [0.25, 0.3) is 5.91 Å². The molecule has 1 aliphatic rings. The van der Waals surface area contributed by atoms with Crippen LogP contribution < -0.4 is 11.4 Å². The van der Waals surface area contributed by atoms with Gasteiger partial charge in [-0.25, -0.2) is 14.8 Å². The highest BCUT2D eigenvalue weighted by molar-refractivity contribution is 6.01. The third-order valence-corrected chi connectivity index (χ3v) is 4.74. The number of nitrogens with zero attached hydrogens (tertiary/aromatic N) is 3. The van der Waals surface area contributed by atoms with Crippen molar-refractivity contribution in [3.63, 3.8) is 0 Å². The van der Waals surface area contributed by atoms with Gasteiger partial charge in [0.2, 0.25) is 0 Å². The predicted octanol–water partition coefficient (Wildman–Crippen LogP) is 2.08. The summed E-state index contributed by atoms with van der Waals surface area (Å²) in [5.74, 6) is -0.906. The van der Waals surface area contributed by atoms with E-state index < -0.39 is 23.3 Å². The number of primary amides is 1. The van der Waals surface area contributed by atoms with Gasteiger partial charge in [0.1, 0.15) is 5.52 Å². The number of imidazole rings is 1. The van der Waals surface area contributed by atoms with E-state index in [1.54, 1.807) is 0 Å². The zero-order valence-corrected chi connectivity index (χ0v) is 15.0. The third kappa shape index (κ3) is 3.60. The number of aromatic nitrogens is 4. The summed E-state index contributed by atoms with van der Waals surface area (Å²) >= 11 is 0. The van der Waals surface area contributed by atoms with E-state index in [-0.39, 0.29) is 40.9 Å². The minimum atomic E-state index is -4.48. The second-order valence-electron chi connectivity index (χ2n) is 6.71. The van der Waals surface area contributed by atoms with Crippen LogP contribution in [0.2, 0.25) is 0 Å². The number of H-pyrrole nitrogens is 1. The first-order valence-electron chi connectivity index (χ1n) is 8.83. The molecule has 152 valence electrons. The van der Waals surface area contributed by atoms with Gasteiger partial charge in [0.05, 0.1) is 18.2 Å². The van der Waals surface area contributed by atoms with Crippen molar-refractivity contribution in [3.05, 3.63) is 46.0 Å². The van der Waals surface area contributed by atoms with Crippen molar-refractivity contribution in [2.24, 2.45) is 5.73 Å². The molecule has 1 atom stereocenters. The Morgan fingerprint density at radius 1 is 1.28 bits per heavy atom. The van der Waals surface area contributed by atoms with Crippen molar-refractivity contribution >= 4 is 17.1 Å². The minimum absolute atomic E-state index is 0.0138. The van der Waals surface area contributed by atoms with E-state index in [0.717, 1.165) is 25.0 Å². The number of aromatic amines is 1. The second kappa shape index (κ2) is 6.99. The maximum absolute atomic E-state index is 12.8. The number of hydrogen-bond acceptors (Lipinski definition) is 5. The average Bonchev–Trinajstić information content (AvgIpc) is 3.29. The number of hydrogen-bond donors (Lipinski definition) is 2. The molecule has 29 heavy (non-hydrogen) atoms. The van der Waals surface area contributed by atoms with Gasteiger partial charge in [0, 0.05) is 12.2 Å². The van der Waals surface area contributed by atoms with Gasteiger partial charge >= 0.3 is 11.9 Å². The fourth-order valence-electron chi connectivity index (χ4n) is 3.31. The van der Waals surface area contributed by atoms with Crippen LogP contribution in [0, 0.1) is 0 Å². The Morgan fingerprint density at radius 2 is 2.00 bits per heavy atom. The van der Waals surface area contributed by atoms with E-state index in [9.17, 15) is 22.8 Å². The van der Waals surface area contributed by atoms with Crippen molar-refractivity contribution in [1.29, 1.82) is 0 Å². The van der Waals surface area contributed by atoms with E-state index in [1.165, 1.54) is 16.7 Å². The number of nitrogens with one attached hydrogen (secondary N) is 1. The monoisotopic (exact) mass is 407 g/mol. The molecule has 1 saturated heterocycles. The molecule has 2 aromatic heterocycles. The Kier molecular flexibility index (Phi) is 4.61. The summed E-state index contributed by atoms with van der Waals surface area (Å²) < 4.78 is 45.3.